The van der Waals surface area contributed by atoms with Gasteiger partial charge in [-0.3, -0.25) is 14.4 Å². The van der Waals surface area contributed by atoms with Gasteiger partial charge in [0.25, 0.3) is 0 Å². The number of carbonyl (C=O) groups excluding carboxylic acids is 4. The molecule has 2 aliphatic rings. The molecule has 0 spiro atoms. The lowest BCUT2D eigenvalue weighted by atomic mass is 9.93. The van der Waals surface area contributed by atoms with Gasteiger partial charge in [-0.2, -0.15) is 11.8 Å². The van der Waals surface area contributed by atoms with Crippen LogP contribution in [0.15, 0.2) is 0 Å². The molecule has 2 fully saturated rings. The van der Waals surface area contributed by atoms with Crippen molar-refractivity contribution in [1.82, 2.24) is 26.6 Å². The van der Waals surface area contributed by atoms with E-state index in [1.807, 2.05) is 32.5 Å². The van der Waals surface area contributed by atoms with E-state index < -0.39 is 5.54 Å². The molecule has 37 heavy (non-hydrogen) atoms. The summed E-state index contributed by atoms with van der Waals surface area (Å²) in [6.45, 7) is 17.0. The molecule has 2 rings (SSSR count). The summed E-state index contributed by atoms with van der Waals surface area (Å²) in [5.74, 6) is 1.94. The van der Waals surface area contributed by atoms with Gasteiger partial charge < -0.3 is 32.3 Å². The third-order valence-electron chi connectivity index (χ3n) is 5.87. The highest BCUT2D eigenvalue weighted by Gasteiger charge is 2.35. The highest BCUT2D eigenvalue weighted by atomic mass is 32.2. The zero-order valence-corrected chi connectivity index (χ0v) is 25.0. The first kappa shape index (κ1) is 35.0. The van der Waals surface area contributed by atoms with Gasteiger partial charge in [0.05, 0.1) is 12.1 Å². The molecule has 10 nitrogen and oxygen atoms in total. The summed E-state index contributed by atoms with van der Waals surface area (Å²) in [5, 5.41) is 13.9. The van der Waals surface area contributed by atoms with E-state index >= 15 is 0 Å². The summed E-state index contributed by atoms with van der Waals surface area (Å²) in [5.41, 5.74) is 4.43. The number of hydrogen-bond donors (Lipinski definition) is 6. The van der Waals surface area contributed by atoms with Gasteiger partial charge in [-0.15, -0.1) is 0 Å². The van der Waals surface area contributed by atoms with E-state index in [4.69, 9.17) is 5.73 Å². The van der Waals surface area contributed by atoms with Crippen LogP contribution in [0.5, 0.6) is 0 Å². The Morgan fingerprint density at radius 3 is 2.05 bits per heavy atom. The van der Waals surface area contributed by atoms with E-state index in [1.54, 1.807) is 13.8 Å². The Hall–Kier alpha value is -2.01. The Labute approximate surface area is 228 Å². The number of fused-ring (bicyclic) bond motifs is 1. The average molecular weight is 545 g/mol. The second-order valence-corrected chi connectivity index (χ2v) is 13.0. The van der Waals surface area contributed by atoms with E-state index in [2.05, 4.69) is 47.4 Å². The van der Waals surface area contributed by atoms with Gasteiger partial charge in [-0.1, -0.05) is 34.1 Å². The molecular formula is C26H52N6O4S. The van der Waals surface area contributed by atoms with Gasteiger partial charge in [-0.05, 0) is 58.9 Å². The quantitative estimate of drug-likeness (QED) is 0.173. The smallest absolute Gasteiger partial charge is 0.315 e. The number of nitrogens with two attached hydrogens (primary N) is 1. The van der Waals surface area contributed by atoms with Crippen molar-refractivity contribution in [2.75, 3.05) is 24.6 Å². The summed E-state index contributed by atoms with van der Waals surface area (Å²) in [7, 11) is 0. The third-order valence-corrected chi connectivity index (χ3v) is 7.06. The van der Waals surface area contributed by atoms with Crippen molar-refractivity contribution in [3.8, 4) is 0 Å². The fraction of sp³-hybridized carbons (Fsp3) is 0.846. The topological polar surface area (TPSA) is 154 Å². The molecular weight excluding hydrogens is 492 g/mol. The minimum atomic E-state index is -0.934. The van der Waals surface area contributed by atoms with Crippen LogP contribution in [-0.4, -0.2) is 72.0 Å². The number of thioether (sulfide) groups is 1. The minimum absolute atomic E-state index is 0.00491. The van der Waals surface area contributed by atoms with Crippen molar-refractivity contribution in [2.45, 2.75) is 111 Å². The summed E-state index contributed by atoms with van der Waals surface area (Å²) in [6, 6.07) is 0.815. The molecule has 0 aromatic carbocycles. The average Bonchev–Trinajstić information content (AvgIpc) is 3.32. The van der Waals surface area contributed by atoms with E-state index in [9.17, 15) is 19.2 Å². The molecule has 0 aliphatic carbocycles. The molecule has 2 saturated heterocycles. The number of rotatable bonds is 11. The maximum atomic E-state index is 11.9. The van der Waals surface area contributed by atoms with Crippen LogP contribution in [0.1, 0.15) is 87.5 Å². The second-order valence-electron chi connectivity index (χ2n) is 11.9. The molecule has 0 bridgehead atoms. The van der Waals surface area contributed by atoms with Crippen LogP contribution in [0, 0.1) is 5.41 Å². The van der Waals surface area contributed by atoms with Crippen molar-refractivity contribution < 1.29 is 19.2 Å². The molecule has 7 N–H and O–H groups in total. The van der Waals surface area contributed by atoms with E-state index in [0.29, 0.717) is 43.3 Å². The second kappa shape index (κ2) is 16.8. The molecule has 2 unspecified atom stereocenters. The first-order valence-corrected chi connectivity index (χ1v) is 14.4. The van der Waals surface area contributed by atoms with Gasteiger partial charge in [0.15, 0.2) is 0 Å². The Bertz CT molecular complexity index is 710. The fourth-order valence-corrected chi connectivity index (χ4v) is 4.69. The molecule has 5 amide bonds. The summed E-state index contributed by atoms with van der Waals surface area (Å²) < 4.78 is 0. The number of nitrogens with one attached hydrogen (secondary N) is 5. The SMILES string of the molecule is CC(C)(C)CCN.CCCCC(=O)NC(C)(C)CCNC(=O)C(C)(C)NC=O.O=C1NC2CSCC2N1. The normalized spacial score (nSPS) is 18.6. The van der Waals surface area contributed by atoms with Crippen molar-refractivity contribution in [3.63, 3.8) is 0 Å². The largest absolute Gasteiger partial charge is 0.354 e. The summed E-state index contributed by atoms with van der Waals surface area (Å²) in [4.78, 5) is 44.6. The summed E-state index contributed by atoms with van der Waals surface area (Å²) >= 11 is 1.89. The van der Waals surface area contributed by atoms with Crippen LogP contribution in [-0.2, 0) is 14.4 Å². The van der Waals surface area contributed by atoms with Crippen molar-refractivity contribution in [3.05, 3.63) is 0 Å². The first-order chi connectivity index (χ1) is 17.1. The van der Waals surface area contributed by atoms with Crippen LogP contribution in [0.4, 0.5) is 4.79 Å². The molecule has 0 saturated carbocycles. The highest BCUT2D eigenvalue weighted by Crippen LogP contribution is 2.20. The number of carbonyl (C=O) groups is 4. The van der Waals surface area contributed by atoms with Crippen molar-refractivity contribution in [2.24, 2.45) is 11.1 Å². The Morgan fingerprint density at radius 1 is 1.05 bits per heavy atom. The predicted molar refractivity (Wildman–Crippen MR) is 152 cm³/mol. The Kier molecular flexibility index (Phi) is 15.8. The zero-order chi connectivity index (χ0) is 28.7. The van der Waals surface area contributed by atoms with Crippen LogP contribution < -0.4 is 32.3 Å². The third kappa shape index (κ3) is 16.4. The molecule has 216 valence electrons. The molecule has 0 aromatic heterocycles. The maximum Gasteiger partial charge on any atom is 0.315 e. The van der Waals surface area contributed by atoms with Gasteiger partial charge in [0.1, 0.15) is 5.54 Å². The van der Waals surface area contributed by atoms with Crippen LogP contribution in [0.3, 0.4) is 0 Å². The Morgan fingerprint density at radius 2 is 1.62 bits per heavy atom. The lowest BCUT2D eigenvalue weighted by Crippen LogP contribution is -2.53. The molecule has 2 atom stereocenters. The molecule has 11 heteroatoms. The molecule has 0 aromatic rings. The van der Waals surface area contributed by atoms with Gasteiger partial charge in [-0.25, -0.2) is 4.79 Å². The predicted octanol–water partition coefficient (Wildman–Crippen LogP) is 2.27. The number of amides is 5. The van der Waals surface area contributed by atoms with Crippen LogP contribution in [0.25, 0.3) is 0 Å². The summed E-state index contributed by atoms with van der Waals surface area (Å²) in [6.07, 6.45) is 4.65. The lowest BCUT2D eigenvalue weighted by molar-refractivity contribution is -0.128. The molecule has 2 aliphatic heterocycles. The first-order valence-electron chi connectivity index (χ1n) is 13.2. The van der Waals surface area contributed by atoms with Crippen LogP contribution in [0.2, 0.25) is 0 Å². The van der Waals surface area contributed by atoms with Gasteiger partial charge in [0, 0.05) is 30.0 Å². The minimum Gasteiger partial charge on any atom is -0.354 e. The standard InChI is InChI=1S/C15H29N3O3.C6H15N.C5H8N2OS/c1-6-7-8-12(20)18-14(2,3)9-10-16-13(21)15(4,5)17-11-19;1-6(2,3)4-5-7;8-5-6-3-1-9-2-4(3)7-5/h11H,6-10H2,1-5H3,(H,16,21)(H,17,19)(H,18,20);4-5,7H2,1-3H3;3-4H,1-2H2,(H2,6,7,8). The zero-order valence-electron chi connectivity index (χ0n) is 24.2. The number of unbranched alkanes of at least 4 members (excludes halogenated alkanes) is 1. The van der Waals surface area contributed by atoms with Gasteiger partial charge in [0.2, 0.25) is 18.2 Å². The molecule has 0 radical (unpaired) electrons. The van der Waals surface area contributed by atoms with E-state index in [0.717, 1.165) is 37.3 Å². The van der Waals surface area contributed by atoms with Crippen molar-refractivity contribution in [1.29, 1.82) is 0 Å². The van der Waals surface area contributed by atoms with Crippen molar-refractivity contribution >= 4 is 36.0 Å². The number of hydrogen-bond acceptors (Lipinski definition) is 6. The Balaban J connectivity index is 0.000000651. The van der Waals surface area contributed by atoms with Gasteiger partial charge >= 0.3 is 6.03 Å². The lowest BCUT2D eigenvalue weighted by Gasteiger charge is -2.28. The monoisotopic (exact) mass is 544 g/mol. The molecule has 2 heterocycles. The fourth-order valence-electron chi connectivity index (χ4n) is 3.41. The van der Waals surface area contributed by atoms with Crippen LogP contribution >= 0.6 is 11.8 Å². The maximum absolute atomic E-state index is 11.9. The van der Waals surface area contributed by atoms with E-state index in [-0.39, 0.29) is 23.4 Å². The number of urea groups is 1. The highest BCUT2D eigenvalue weighted by molar-refractivity contribution is 7.99. The van der Waals surface area contributed by atoms with E-state index in [1.165, 1.54) is 0 Å².